The number of fused-ring (bicyclic) bond motifs is 1. The third-order valence-electron chi connectivity index (χ3n) is 6.02. The van der Waals surface area contributed by atoms with Crippen LogP contribution < -0.4 is 10.6 Å². The van der Waals surface area contributed by atoms with E-state index in [1.54, 1.807) is 18.2 Å². The molecule has 7 heteroatoms. The van der Waals surface area contributed by atoms with Crippen LogP contribution in [0.5, 0.6) is 0 Å². The van der Waals surface area contributed by atoms with Crippen LogP contribution in [0.2, 0.25) is 10.0 Å². The van der Waals surface area contributed by atoms with Gasteiger partial charge in [-0.25, -0.2) is 0 Å². The van der Waals surface area contributed by atoms with Gasteiger partial charge in [0.15, 0.2) is 0 Å². The second-order valence-electron chi connectivity index (χ2n) is 8.00. The number of benzene rings is 2. The Labute approximate surface area is 186 Å². The molecule has 2 N–H and O–H groups in total. The number of halogens is 2. The summed E-state index contributed by atoms with van der Waals surface area (Å²) in [5.74, 6) is -0.215. The average molecular weight is 447 g/mol. The number of anilines is 1. The van der Waals surface area contributed by atoms with Crippen molar-refractivity contribution < 1.29 is 14.3 Å². The maximum absolute atomic E-state index is 13.5. The zero-order valence-electron chi connectivity index (χ0n) is 16.7. The molecule has 2 atom stereocenters. The highest BCUT2D eigenvalue weighted by Gasteiger charge is 2.53. The van der Waals surface area contributed by atoms with Crippen molar-refractivity contribution in [2.24, 2.45) is 5.92 Å². The monoisotopic (exact) mass is 446 g/mol. The Morgan fingerprint density at radius 1 is 1.23 bits per heavy atom. The highest BCUT2D eigenvalue weighted by Crippen LogP contribution is 2.49. The van der Waals surface area contributed by atoms with E-state index < -0.39 is 5.54 Å². The Bertz CT molecular complexity index is 977. The molecule has 1 fully saturated rings. The minimum absolute atomic E-state index is 0.143. The third-order valence-corrected chi connectivity index (χ3v) is 6.49. The molecule has 0 aromatic heterocycles. The Hall–Kier alpha value is -2.08. The molecule has 2 aromatic carbocycles. The van der Waals surface area contributed by atoms with Gasteiger partial charge in [-0.05, 0) is 61.6 Å². The van der Waals surface area contributed by atoms with Crippen LogP contribution in [0, 0.1) is 5.92 Å². The first-order chi connectivity index (χ1) is 14.4. The molecule has 0 saturated heterocycles. The number of hydrogen-bond acceptors (Lipinski definition) is 4. The molecule has 158 valence electrons. The number of ether oxygens (including phenoxy) is 1. The summed E-state index contributed by atoms with van der Waals surface area (Å²) in [6, 6.07) is 12.9. The number of hydrogen-bond donors (Lipinski definition) is 2. The van der Waals surface area contributed by atoms with Gasteiger partial charge >= 0.3 is 5.97 Å². The van der Waals surface area contributed by atoms with Crippen molar-refractivity contribution in [1.29, 1.82) is 0 Å². The third kappa shape index (κ3) is 4.07. The molecule has 0 unspecified atom stereocenters. The van der Waals surface area contributed by atoms with Gasteiger partial charge in [-0.1, -0.05) is 41.4 Å². The molecule has 2 aromatic rings. The summed E-state index contributed by atoms with van der Waals surface area (Å²) in [5, 5.41) is 7.74. The van der Waals surface area contributed by atoms with Gasteiger partial charge in [-0.2, -0.15) is 0 Å². The molecule has 30 heavy (non-hydrogen) atoms. The van der Waals surface area contributed by atoms with Crippen molar-refractivity contribution in [3.8, 4) is 0 Å². The Morgan fingerprint density at radius 2 is 2.00 bits per heavy atom. The lowest BCUT2D eigenvalue weighted by Crippen LogP contribution is -2.53. The zero-order chi connectivity index (χ0) is 21.3. The van der Waals surface area contributed by atoms with Crippen LogP contribution in [-0.2, 0) is 19.9 Å². The van der Waals surface area contributed by atoms with Crippen LogP contribution in [0.25, 0.3) is 0 Å². The fourth-order valence-corrected chi connectivity index (χ4v) is 4.67. The quantitative estimate of drug-likeness (QED) is 0.567. The standard InChI is InChI=1S/C23H24Cl2N2O3/c1-30-21(28)10-9-18(15-3-2-4-16(24)11-15)23(26-13-14-5-6-14)19-8-7-17(25)12-20(19)27-22(23)29/h2-4,7-8,11-12,14,18,26H,5-6,9-10,13H2,1H3,(H,27,29)/t18-,23+/m1/s1. The molecule has 1 heterocycles. The first-order valence-corrected chi connectivity index (χ1v) is 10.9. The van der Waals surface area contributed by atoms with Gasteiger partial charge in [-0.3, -0.25) is 14.9 Å². The summed E-state index contributed by atoms with van der Waals surface area (Å²) < 4.78 is 4.87. The van der Waals surface area contributed by atoms with Crippen LogP contribution in [0.15, 0.2) is 42.5 Å². The van der Waals surface area contributed by atoms with Crippen molar-refractivity contribution in [1.82, 2.24) is 5.32 Å². The molecule has 4 rings (SSSR count). The highest BCUT2D eigenvalue weighted by atomic mass is 35.5. The van der Waals surface area contributed by atoms with Crippen molar-refractivity contribution in [2.75, 3.05) is 19.0 Å². The highest BCUT2D eigenvalue weighted by molar-refractivity contribution is 6.31. The van der Waals surface area contributed by atoms with Gasteiger partial charge in [-0.15, -0.1) is 0 Å². The van der Waals surface area contributed by atoms with Crippen LogP contribution >= 0.6 is 23.2 Å². The smallest absolute Gasteiger partial charge is 0.305 e. The Balaban J connectivity index is 1.83. The lowest BCUT2D eigenvalue weighted by molar-refractivity contribution is -0.141. The molecular weight excluding hydrogens is 423 g/mol. The topological polar surface area (TPSA) is 67.4 Å². The molecule has 1 saturated carbocycles. The molecule has 0 bridgehead atoms. The molecule has 5 nitrogen and oxygen atoms in total. The maximum atomic E-state index is 13.5. The summed E-state index contributed by atoms with van der Waals surface area (Å²) in [4.78, 5) is 25.5. The largest absolute Gasteiger partial charge is 0.469 e. The predicted molar refractivity (Wildman–Crippen MR) is 118 cm³/mol. The van der Waals surface area contributed by atoms with Crippen molar-refractivity contribution in [3.63, 3.8) is 0 Å². The van der Waals surface area contributed by atoms with Crippen LogP contribution in [0.4, 0.5) is 5.69 Å². The number of rotatable bonds is 8. The summed E-state index contributed by atoms with van der Waals surface area (Å²) in [6.07, 6.45) is 2.93. The van der Waals surface area contributed by atoms with Crippen LogP contribution in [0.1, 0.15) is 42.7 Å². The normalized spacial score (nSPS) is 21.1. The van der Waals surface area contributed by atoms with Gasteiger partial charge in [0, 0.05) is 33.6 Å². The Morgan fingerprint density at radius 3 is 2.70 bits per heavy atom. The fraction of sp³-hybridized carbons (Fsp3) is 0.391. The van der Waals surface area contributed by atoms with E-state index in [1.165, 1.54) is 7.11 Å². The van der Waals surface area contributed by atoms with Crippen molar-refractivity contribution >= 4 is 40.8 Å². The van der Waals surface area contributed by atoms with E-state index in [1.807, 2.05) is 24.3 Å². The second-order valence-corrected chi connectivity index (χ2v) is 8.87. The maximum Gasteiger partial charge on any atom is 0.305 e. The fourth-order valence-electron chi connectivity index (χ4n) is 4.30. The van der Waals surface area contributed by atoms with E-state index in [0.29, 0.717) is 28.1 Å². The van der Waals surface area contributed by atoms with Gasteiger partial charge < -0.3 is 10.1 Å². The van der Waals surface area contributed by atoms with E-state index in [4.69, 9.17) is 27.9 Å². The molecular formula is C23H24Cl2N2O3. The summed E-state index contributed by atoms with van der Waals surface area (Å²) in [5.41, 5.74) is 1.40. The van der Waals surface area contributed by atoms with E-state index in [-0.39, 0.29) is 24.2 Å². The number of carbonyl (C=O) groups is 2. The number of nitrogens with one attached hydrogen (secondary N) is 2. The first-order valence-electron chi connectivity index (χ1n) is 10.1. The zero-order valence-corrected chi connectivity index (χ0v) is 18.2. The number of esters is 1. The van der Waals surface area contributed by atoms with Crippen molar-refractivity contribution in [3.05, 3.63) is 63.6 Å². The van der Waals surface area contributed by atoms with Crippen LogP contribution in [0.3, 0.4) is 0 Å². The number of amides is 1. The van der Waals surface area contributed by atoms with Gasteiger partial charge in [0.25, 0.3) is 0 Å². The number of carbonyl (C=O) groups excluding carboxylic acids is 2. The van der Waals surface area contributed by atoms with Gasteiger partial charge in [0.1, 0.15) is 5.54 Å². The first kappa shape index (κ1) is 21.2. The molecule has 1 aliphatic heterocycles. The van der Waals surface area contributed by atoms with E-state index >= 15 is 0 Å². The summed E-state index contributed by atoms with van der Waals surface area (Å²) in [7, 11) is 1.37. The SMILES string of the molecule is COC(=O)CC[C@H](c1cccc(Cl)c1)[C@@]1(NCC2CC2)C(=O)Nc2cc(Cl)ccc21. The molecule has 2 aliphatic rings. The lowest BCUT2D eigenvalue weighted by atomic mass is 9.72. The predicted octanol–water partition coefficient (Wildman–Crippen LogP) is 4.88. The average Bonchev–Trinajstić information content (AvgIpc) is 3.51. The molecule has 0 radical (unpaired) electrons. The molecule has 1 aliphatic carbocycles. The Kier molecular flexibility index (Phi) is 6.05. The summed E-state index contributed by atoms with van der Waals surface area (Å²) in [6.45, 7) is 0.727. The number of methoxy groups -OCH3 is 1. The van der Waals surface area contributed by atoms with Gasteiger partial charge in [0.05, 0.1) is 7.11 Å². The van der Waals surface area contributed by atoms with E-state index in [0.717, 1.165) is 30.5 Å². The summed E-state index contributed by atoms with van der Waals surface area (Å²) >= 11 is 12.5. The van der Waals surface area contributed by atoms with Crippen LogP contribution in [-0.4, -0.2) is 25.5 Å². The van der Waals surface area contributed by atoms with Gasteiger partial charge in [0.2, 0.25) is 5.91 Å². The second kappa shape index (κ2) is 8.58. The lowest BCUT2D eigenvalue weighted by Gasteiger charge is -2.37. The minimum atomic E-state index is -1.03. The molecule has 0 spiro atoms. The van der Waals surface area contributed by atoms with E-state index in [2.05, 4.69) is 10.6 Å². The van der Waals surface area contributed by atoms with E-state index in [9.17, 15) is 9.59 Å². The minimum Gasteiger partial charge on any atom is -0.469 e. The van der Waals surface area contributed by atoms with Crippen molar-refractivity contribution in [2.45, 2.75) is 37.1 Å². The molecule has 1 amide bonds.